The number of nitrogens with zero attached hydrogens (tertiary/aromatic N) is 3. The summed E-state index contributed by atoms with van der Waals surface area (Å²) in [5.74, 6) is 0.734. The molecule has 8 nitrogen and oxygen atoms in total. The van der Waals surface area contributed by atoms with Gasteiger partial charge >= 0.3 is 0 Å². The summed E-state index contributed by atoms with van der Waals surface area (Å²) >= 11 is 0. The highest BCUT2D eigenvalue weighted by Crippen LogP contribution is 2.20. The van der Waals surface area contributed by atoms with Crippen LogP contribution in [0.3, 0.4) is 0 Å². The third-order valence-corrected chi connectivity index (χ3v) is 5.03. The van der Waals surface area contributed by atoms with Crippen molar-refractivity contribution in [1.29, 1.82) is 0 Å². The third-order valence-electron chi connectivity index (χ3n) is 3.38. The van der Waals surface area contributed by atoms with Crippen molar-refractivity contribution in [3.05, 3.63) is 47.2 Å². The minimum absolute atomic E-state index is 0.0286. The minimum Gasteiger partial charge on any atom is -0.419 e. The fraction of sp³-hybridized carbons (Fsp3) is 0.267. The lowest BCUT2D eigenvalue weighted by atomic mass is 10.1. The number of nitrogens with one attached hydrogen (secondary N) is 1. The highest BCUT2D eigenvalue weighted by atomic mass is 32.2. The first-order valence-corrected chi connectivity index (χ1v) is 8.67. The van der Waals surface area contributed by atoms with Crippen molar-refractivity contribution in [2.75, 3.05) is 0 Å². The van der Waals surface area contributed by atoms with Crippen molar-refractivity contribution in [1.82, 2.24) is 20.1 Å². The molecule has 0 saturated heterocycles. The number of benzene rings is 1. The number of rotatable bonds is 5. The van der Waals surface area contributed by atoms with Gasteiger partial charge in [0, 0.05) is 5.56 Å². The van der Waals surface area contributed by atoms with Gasteiger partial charge in [0.15, 0.2) is 5.76 Å². The van der Waals surface area contributed by atoms with Crippen LogP contribution in [0.1, 0.15) is 22.9 Å². The van der Waals surface area contributed by atoms with Gasteiger partial charge in [-0.05, 0) is 32.9 Å². The van der Waals surface area contributed by atoms with Gasteiger partial charge in [0.1, 0.15) is 10.6 Å². The molecule has 1 aromatic carbocycles. The smallest absolute Gasteiger partial charge is 0.247 e. The lowest BCUT2D eigenvalue weighted by molar-refractivity contribution is 0.390. The zero-order chi connectivity index (χ0) is 17.3. The van der Waals surface area contributed by atoms with E-state index in [1.807, 2.05) is 31.2 Å². The average Bonchev–Trinajstić information content (AvgIpc) is 3.12. The summed E-state index contributed by atoms with van der Waals surface area (Å²) in [7, 11) is -3.77. The van der Waals surface area contributed by atoms with Gasteiger partial charge in [0.2, 0.25) is 21.8 Å². The molecule has 0 aliphatic rings. The Morgan fingerprint density at radius 3 is 2.62 bits per heavy atom. The number of aromatic nitrogens is 3. The summed E-state index contributed by atoms with van der Waals surface area (Å²) in [6.45, 7) is 4.94. The van der Waals surface area contributed by atoms with Crippen molar-refractivity contribution in [2.45, 2.75) is 32.2 Å². The average molecular weight is 348 g/mol. The van der Waals surface area contributed by atoms with E-state index < -0.39 is 10.0 Å². The normalized spacial score (nSPS) is 11.8. The SMILES string of the molecule is Cc1cccc(-c2nnc(CNS(=O)(=O)c3c(C)noc3C)o2)c1. The van der Waals surface area contributed by atoms with Crippen LogP contribution in [0.4, 0.5) is 0 Å². The summed E-state index contributed by atoms with van der Waals surface area (Å²) in [5.41, 5.74) is 2.14. The van der Waals surface area contributed by atoms with Crippen molar-refractivity contribution in [3.8, 4) is 11.5 Å². The first-order valence-electron chi connectivity index (χ1n) is 7.19. The highest BCUT2D eigenvalue weighted by molar-refractivity contribution is 7.89. The molecule has 3 aromatic rings. The maximum atomic E-state index is 12.3. The van der Waals surface area contributed by atoms with E-state index in [0.29, 0.717) is 11.6 Å². The van der Waals surface area contributed by atoms with Gasteiger partial charge in [0.05, 0.1) is 6.54 Å². The van der Waals surface area contributed by atoms with E-state index >= 15 is 0 Å². The van der Waals surface area contributed by atoms with E-state index in [0.717, 1.165) is 11.1 Å². The van der Waals surface area contributed by atoms with Crippen LogP contribution in [0, 0.1) is 20.8 Å². The molecule has 0 aliphatic carbocycles. The monoisotopic (exact) mass is 348 g/mol. The fourth-order valence-corrected chi connectivity index (χ4v) is 3.61. The molecule has 1 N–H and O–H groups in total. The Labute approximate surface area is 138 Å². The van der Waals surface area contributed by atoms with E-state index in [1.54, 1.807) is 6.92 Å². The molecule has 0 unspecified atom stereocenters. The van der Waals surface area contributed by atoms with Crippen molar-refractivity contribution in [3.63, 3.8) is 0 Å². The lowest BCUT2D eigenvalue weighted by Crippen LogP contribution is -2.24. The van der Waals surface area contributed by atoms with Crippen molar-refractivity contribution < 1.29 is 17.4 Å². The second kappa shape index (κ2) is 6.17. The van der Waals surface area contributed by atoms with Gasteiger partial charge in [-0.15, -0.1) is 10.2 Å². The molecule has 126 valence electrons. The molecule has 2 aromatic heterocycles. The van der Waals surface area contributed by atoms with Gasteiger partial charge in [-0.1, -0.05) is 22.9 Å². The van der Waals surface area contributed by atoms with Crippen LogP contribution in [0.15, 0.2) is 38.1 Å². The molecular weight excluding hydrogens is 332 g/mol. The number of hydrogen-bond donors (Lipinski definition) is 1. The van der Waals surface area contributed by atoms with Gasteiger partial charge < -0.3 is 8.94 Å². The standard InChI is InChI=1S/C15H16N4O4S/c1-9-5-4-6-12(7-9)15-18-17-13(22-15)8-16-24(20,21)14-10(2)19-23-11(14)3/h4-7,16H,8H2,1-3H3. The number of sulfonamides is 1. The Kier molecular flexibility index (Phi) is 4.20. The zero-order valence-corrected chi connectivity index (χ0v) is 14.2. The molecule has 0 atom stereocenters. The predicted molar refractivity (Wildman–Crippen MR) is 84.5 cm³/mol. The summed E-state index contributed by atoms with van der Waals surface area (Å²) < 4.78 is 37.5. The van der Waals surface area contributed by atoms with Crippen LogP contribution in [-0.2, 0) is 16.6 Å². The Balaban J connectivity index is 1.76. The van der Waals surface area contributed by atoms with Crippen molar-refractivity contribution in [2.24, 2.45) is 0 Å². The Morgan fingerprint density at radius 2 is 1.96 bits per heavy atom. The second-order valence-electron chi connectivity index (χ2n) is 5.35. The van der Waals surface area contributed by atoms with Crippen LogP contribution in [0.2, 0.25) is 0 Å². The molecule has 0 fully saturated rings. The molecular formula is C15H16N4O4S. The molecule has 3 rings (SSSR count). The van der Waals surface area contributed by atoms with Gasteiger partial charge in [0.25, 0.3) is 0 Å². The first kappa shape index (κ1) is 16.3. The topological polar surface area (TPSA) is 111 Å². The molecule has 2 heterocycles. The second-order valence-corrected chi connectivity index (χ2v) is 7.05. The van der Waals surface area contributed by atoms with Gasteiger partial charge in [-0.25, -0.2) is 13.1 Å². The molecule has 0 saturated carbocycles. The summed E-state index contributed by atoms with van der Waals surface area (Å²) in [6, 6.07) is 7.59. The Morgan fingerprint density at radius 1 is 1.17 bits per heavy atom. The van der Waals surface area contributed by atoms with Crippen LogP contribution < -0.4 is 4.72 Å². The Hall–Kier alpha value is -2.52. The number of hydrogen-bond acceptors (Lipinski definition) is 7. The Bertz CT molecular complexity index is 956. The number of aryl methyl sites for hydroxylation is 3. The maximum Gasteiger partial charge on any atom is 0.247 e. The zero-order valence-electron chi connectivity index (χ0n) is 13.4. The molecule has 0 amide bonds. The van der Waals surface area contributed by atoms with E-state index in [2.05, 4.69) is 20.1 Å². The van der Waals surface area contributed by atoms with Gasteiger partial charge in [-0.2, -0.15) is 0 Å². The minimum atomic E-state index is -3.77. The lowest BCUT2D eigenvalue weighted by Gasteiger charge is -2.03. The molecule has 0 spiro atoms. The fourth-order valence-electron chi connectivity index (χ4n) is 2.31. The predicted octanol–water partition coefficient (Wildman–Crippen LogP) is 2.13. The van der Waals surface area contributed by atoms with Gasteiger partial charge in [-0.3, -0.25) is 0 Å². The summed E-state index contributed by atoms with van der Waals surface area (Å²) in [4.78, 5) is 0.0286. The first-order chi connectivity index (χ1) is 11.4. The molecule has 9 heteroatoms. The van der Waals surface area contributed by atoms with Crippen molar-refractivity contribution >= 4 is 10.0 Å². The van der Waals surface area contributed by atoms with Crippen LogP contribution in [0.25, 0.3) is 11.5 Å². The molecule has 24 heavy (non-hydrogen) atoms. The molecule has 0 aliphatic heterocycles. The van der Waals surface area contributed by atoms with E-state index in [4.69, 9.17) is 8.94 Å². The third kappa shape index (κ3) is 3.22. The summed E-state index contributed by atoms with van der Waals surface area (Å²) in [5, 5.41) is 11.5. The van der Waals surface area contributed by atoms with Crippen LogP contribution in [-0.4, -0.2) is 23.8 Å². The summed E-state index contributed by atoms with van der Waals surface area (Å²) in [6.07, 6.45) is 0. The van der Waals surface area contributed by atoms with E-state index in [-0.39, 0.29) is 23.1 Å². The quantitative estimate of drug-likeness (QED) is 0.751. The van der Waals surface area contributed by atoms with E-state index in [1.165, 1.54) is 6.92 Å². The maximum absolute atomic E-state index is 12.3. The molecule has 0 radical (unpaired) electrons. The van der Waals surface area contributed by atoms with E-state index in [9.17, 15) is 8.42 Å². The largest absolute Gasteiger partial charge is 0.419 e. The van der Waals surface area contributed by atoms with Crippen LogP contribution in [0.5, 0.6) is 0 Å². The van der Waals surface area contributed by atoms with Crippen LogP contribution >= 0.6 is 0 Å². The molecule has 0 bridgehead atoms. The highest BCUT2D eigenvalue weighted by Gasteiger charge is 2.24.